The van der Waals surface area contributed by atoms with E-state index in [4.69, 9.17) is 16.3 Å². The normalized spacial score (nSPS) is 19.2. The van der Waals surface area contributed by atoms with Gasteiger partial charge in [-0.3, -0.25) is 23.7 Å². The second-order valence-corrected chi connectivity index (χ2v) is 13.0. The van der Waals surface area contributed by atoms with E-state index < -0.39 is 17.1 Å². The molecular formula is C31H27ClN4O5S2. The average molecular weight is 635 g/mol. The molecule has 12 heteroatoms. The van der Waals surface area contributed by atoms with Crippen molar-refractivity contribution in [3.05, 3.63) is 97.9 Å². The van der Waals surface area contributed by atoms with Gasteiger partial charge in [-0.1, -0.05) is 46.8 Å². The second kappa shape index (κ2) is 11.6. The van der Waals surface area contributed by atoms with Crippen molar-refractivity contribution in [3.8, 4) is 5.75 Å². The Balaban J connectivity index is 1.39. The third kappa shape index (κ3) is 5.32. The van der Waals surface area contributed by atoms with Crippen molar-refractivity contribution in [2.24, 2.45) is 5.92 Å². The largest absolute Gasteiger partial charge is 0.497 e. The summed E-state index contributed by atoms with van der Waals surface area (Å²) in [6, 6.07) is 21.2. The van der Waals surface area contributed by atoms with Gasteiger partial charge in [0.2, 0.25) is 17.7 Å². The number of hydrogen-bond acceptors (Lipinski definition) is 8. The third-order valence-corrected chi connectivity index (χ3v) is 10.4. The van der Waals surface area contributed by atoms with Crippen LogP contribution in [-0.4, -0.2) is 48.7 Å². The van der Waals surface area contributed by atoms with E-state index in [1.54, 1.807) is 55.6 Å². The molecular weight excluding hydrogens is 608 g/mol. The predicted molar refractivity (Wildman–Crippen MR) is 170 cm³/mol. The number of amides is 3. The number of nitrogens with one attached hydrogen (secondary N) is 1. The Hall–Kier alpha value is -4.06. The number of hydrogen-bond donors (Lipinski definition) is 1. The van der Waals surface area contributed by atoms with Gasteiger partial charge >= 0.3 is 4.87 Å². The zero-order chi connectivity index (χ0) is 30.4. The number of imide groups is 1. The molecule has 6 rings (SSSR count). The highest BCUT2D eigenvalue weighted by Gasteiger charge is 2.56. The Kier molecular flexibility index (Phi) is 7.80. The fourth-order valence-electron chi connectivity index (χ4n) is 5.46. The molecule has 0 saturated carbocycles. The minimum atomic E-state index is -0.779. The van der Waals surface area contributed by atoms with Gasteiger partial charge in [-0.2, -0.15) is 0 Å². The molecule has 4 aromatic rings. The van der Waals surface area contributed by atoms with Crippen LogP contribution in [0.15, 0.2) is 82.6 Å². The summed E-state index contributed by atoms with van der Waals surface area (Å²) in [6.07, 6.45) is 0. The predicted octanol–water partition coefficient (Wildman–Crippen LogP) is 5.07. The van der Waals surface area contributed by atoms with Crippen LogP contribution in [0.1, 0.15) is 16.4 Å². The number of methoxy groups -OCH3 is 1. The van der Waals surface area contributed by atoms with Crippen LogP contribution in [-0.2, 0) is 20.9 Å². The summed E-state index contributed by atoms with van der Waals surface area (Å²) in [5.41, 5.74) is 2.79. The number of thiazole rings is 1. The van der Waals surface area contributed by atoms with Crippen LogP contribution in [0.25, 0.3) is 0 Å². The van der Waals surface area contributed by atoms with E-state index in [-0.39, 0.29) is 29.1 Å². The lowest BCUT2D eigenvalue weighted by molar-refractivity contribution is -0.122. The molecule has 1 aromatic heterocycles. The number of carbonyl (C=O) groups is 3. The lowest BCUT2D eigenvalue weighted by Crippen LogP contribution is -2.33. The molecule has 43 heavy (non-hydrogen) atoms. The number of halogens is 1. The first-order chi connectivity index (χ1) is 20.7. The summed E-state index contributed by atoms with van der Waals surface area (Å²) in [5, 5.41) is 3.06. The molecule has 3 heterocycles. The van der Waals surface area contributed by atoms with Crippen molar-refractivity contribution in [1.29, 1.82) is 0 Å². The van der Waals surface area contributed by atoms with Gasteiger partial charge in [-0.05, 0) is 66.2 Å². The number of ether oxygens (including phenoxy) is 1. The van der Waals surface area contributed by atoms with Crippen molar-refractivity contribution >= 4 is 69.5 Å². The van der Waals surface area contributed by atoms with E-state index in [9.17, 15) is 19.2 Å². The lowest BCUT2D eigenvalue weighted by atomic mass is 9.83. The van der Waals surface area contributed by atoms with Gasteiger partial charge in [0, 0.05) is 41.3 Å². The summed E-state index contributed by atoms with van der Waals surface area (Å²) in [4.78, 5) is 57.9. The molecule has 9 nitrogen and oxygen atoms in total. The second-order valence-electron chi connectivity index (χ2n) is 10.4. The fraction of sp³-hybridized carbons (Fsp3) is 0.226. The molecule has 3 aromatic carbocycles. The molecule has 3 amide bonds. The van der Waals surface area contributed by atoms with Gasteiger partial charge in [0.05, 0.1) is 23.7 Å². The van der Waals surface area contributed by atoms with Crippen LogP contribution in [0.5, 0.6) is 5.75 Å². The Morgan fingerprint density at radius 1 is 0.953 bits per heavy atom. The Bertz CT molecular complexity index is 1770. The molecule has 0 radical (unpaired) electrons. The SMILES string of the molecule is COc1ccc(NC(=O)Cn2c3c(sc2=O)[C@H](c2ccc(N(C)C)cc2)C2C(=O)N(c4ccc(Cl)cc4)C(=O)C2S3)cc1. The zero-order valence-corrected chi connectivity index (χ0v) is 25.8. The molecule has 0 bridgehead atoms. The first-order valence-corrected chi connectivity index (χ1v) is 15.5. The monoisotopic (exact) mass is 634 g/mol. The van der Waals surface area contributed by atoms with Crippen LogP contribution in [0.4, 0.5) is 17.1 Å². The van der Waals surface area contributed by atoms with Crippen molar-refractivity contribution in [3.63, 3.8) is 0 Å². The maximum atomic E-state index is 14.0. The maximum absolute atomic E-state index is 14.0. The zero-order valence-electron chi connectivity index (χ0n) is 23.4. The van der Waals surface area contributed by atoms with Crippen LogP contribution < -0.4 is 24.7 Å². The van der Waals surface area contributed by atoms with Crippen molar-refractivity contribution < 1.29 is 19.1 Å². The van der Waals surface area contributed by atoms with Gasteiger partial charge in [0.25, 0.3) is 0 Å². The van der Waals surface area contributed by atoms with Crippen molar-refractivity contribution in [1.82, 2.24) is 4.57 Å². The maximum Gasteiger partial charge on any atom is 0.308 e. The summed E-state index contributed by atoms with van der Waals surface area (Å²) in [5.74, 6) is -1.71. The molecule has 220 valence electrons. The minimum absolute atomic E-state index is 0.240. The van der Waals surface area contributed by atoms with Crippen LogP contribution in [0.2, 0.25) is 5.02 Å². The highest BCUT2D eigenvalue weighted by molar-refractivity contribution is 8.00. The quantitative estimate of drug-likeness (QED) is 0.283. The Morgan fingerprint density at radius 2 is 1.63 bits per heavy atom. The number of fused-ring (bicyclic) bond motifs is 2. The summed E-state index contributed by atoms with van der Waals surface area (Å²) < 4.78 is 6.58. The molecule has 1 N–H and O–H groups in total. The van der Waals surface area contributed by atoms with E-state index in [1.165, 1.54) is 21.2 Å². The number of benzene rings is 3. The molecule has 2 unspecified atom stereocenters. The van der Waals surface area contributed by atoms with Crippen molar-refractivity contribution in [2.45, 2.75) is 22.7 Å². The topological polar surface area (TPSA) is 101 Å². The number of nitrogens with zero attached hydrogens (tertiary/aromatic N) is 3. The number of carbonyl (C=O) groups excluding carboxylic acids is 3. The number of aromatic nitrogens is 1. The summed E-state index contributed by atoms with van der Waals surface area (Å²) >= 11 is 8.26. The number of rotatable bonds is 7. The first kappa shape index (κ1) is 29.0. The van der Waals surface area contributed by atoms with Gasteiger partial charge in [-0.25, -0.2) is 4.90 Å². The van der Waals surface area contributed by atoms with E-state index in [1.807, 2.05) is 43.3 Å². The molecule has 1 saturated heterocycles. The molecule has 3 atom stereocenters. The lowest BCUT2D eigenvalue weighted by Gasteiger charge is -2.31. The molecule has 0 spiro atoms. The van der Waals surface area contributed by atoms with E-state index in [2.05, 4.69) is 5.32 Å². The van der Waals surface area contributed by atoms with Crippen LogP contribution in [0.3, 0.4) is 0 Å². The van der Waals surface area contributed by atoms with E-state index in [0.29, 0.717) is 32.1 Å². The van der Waals surface area contributed by atoms with E-state index >= 15 is 0 Å². The Labute approximate surface area is 261 Å². The van der Waals surface area contributed by atoms with Gasteiger partial charge in [0.1, 0.15) is 17.5 Å². The Morgan fingerprint density at radius 3 is 2.26 bits per heavy atom. The average Bonchev–Trinajstić information content (AvgIpc) is 3.44. The van der Waals surface area contributed by atoms with Crippen molar-refractivity contribution in [2.75, 3.05) is 36.3 Å². The van der Waals surface area contributed by atoms with Gasteiger partial charge in [0.15, 0.2) is 0 Å². The highest BCUT2D eigenvalue weighted by atomic mass is 35.5. The number of thioether (sulfide) groups is 1. The molecule has 2 aliphatic heterocycles. The third-order valence-electron chi connectivity index (χ3n) is 7.58. The molecule has 2 aliphatic rings. The summed E-state index contributed by atoms with van der Waals surface area (Å²) in [6.45, 7) is -0.240. The molecule has 1 fully saturated rings. The standard InChI is InChI=1S/C31H27ClN4O5S2/c1-34(2)20-10-4-17(5-11-20)24-25-26(29(39)36(28(25)38)21-12-6-18(32)7-13-21)42-30-27(24)43-31(40)35(30)16-23(37)33-19-8-14-22(41-3)15-9-19/h4-15,24-26H,16H2,1-3H3,(H,33,37)/t24-,25?,26?/m1/s1. The summed E-state index contributed by atoms with van der Waals surface area (Å²) in [7, 11) is 5.43. The van der Waals surface area contributed by atoms with Crippen LogP contribution >= 0.6 is 34.7 Å². The highest BCUT2D eigenvalue weighted by Crippen LogP contribution is 2.54. The number of anilines is 3. The van der Waals surface area contributed by atoms with Gasteiger partial charge < -0.3 is 15.0 Å². The van der Waals surface area contributed by atoms with Crippen LogP contribution in [0, 0.1) is 5.92 Å². The van der Waals surface area contributed by atoms with Gasteiger partial charge in [-0.15, -0.1) is 0 Å². The molecule has 0 aliphatic carbocycles. The minimum Gasteiger partial charge on any atom is -0.497 e. The van der Waals surface area contributed by atoms with E-state index in [0.717, 1.165) is 22.6 Å². The first-order valence-electron chi connectivity index (χ1n) is 13.4. The fourth-order valence-corrected chi connectivity index (χ4v) is 8.36. The smallest absolute Gasteiger partial charge is 0.308 e.